The molecular weight excluding hydrogens is 241 g/mol. The van der Waals surface area contributed by atoms with Crippen molar-refractivity contribution in [2.45, 2.75) is 6.42 Å². The Morgan fingerprint density at radius 1 is 0.933 bits per heavy atom. The third kappa shape index (κ3) is 21.3. The first kappa shape index (κ1) is 25.3. The van der Waals surface area contributed by atoms with Gasteiger partial charge >= 0.3 is 107 Å². The Morgan fingerprint density at radius 3 is 1.73 bits per heavy atom. The Bertz CT molecular complexity index is 207. The molecule has 7 nitrogen and oxygen atoms in total. The molecule has 10 heteroatoms. The first-order valence-corrected chi connectivity index (χ1v) is 2.78. The summed E-state index contributed by atoms with van der Waals surface area (Å²) in [7, 11) is 0. The van der Waals surface area contributed by atoms with Crippen molar-refractivity contribution in [2.24, 2.45) is 0 Å². The third-order valence-corrected chi connectivity index (χ3v) is 0.630. The van der Waals surface area contributed by atoms with E-state index < -0.39 is 30.9 Å². The van der Waals surface area contributed by atoms with Crippen LogP contribution in [0.15, 0.2) is 0 Å². The fourth-order valence-corrected chi connectivity index (χ4v) is 0.299. The number of hydrogen-bond donors (Lipinski definition) is 2. The zero-order valence-electron chi connectivity index (χ0n) is 5.85. The van der Waals surface area contributed by atoms with Crippen LogP contribution in [-0.4, -0.2) is 123 Å². The van der Waals surface area contributed by atoms with Gasteiger partial charge in [-0.2, -0.15) is 4.89 Å². The Morgan fingerprint density at radius 2 is 1.40 bits per heavy atom. The molecule has 74 valence electrons. The van der Waals surface area contributed by atoms with E-state index in [-0.39, 0.29) is 88.7 Å². The molecule has 0 aliphatic carbocycles. The first-order valence-electron chi connectivity index (χ1n) is 2.78. The van der Waals surface area contributed by atoms with Crippen molar-refractivity contribution in [2.75, 3.05) is 6.61 Å². The van der Waals surface area contributed by atoms with Gasteiger partial charge in [0.2, 0.25) is 0 Å². The molecule has 0 fully saturated rings. The summed E-state index contributed by atoms with van der Waals surface area (Å²) in [4.78, 5) is 37.5. The standard InChI is InChI=1S/C5H6O7.3Na.3H/c6-3(7)1-5(10)12-11-2-4(8)9;;;;;;/h1-2H2,(H,6,7)(H,8,9);;;;;;. The molecule has 0 heterocycles. The van der Waals surface area contributed by atoms with Gasteiger partial charge in [-0.25, -0.2) is 9.59 Å². The molecule has 0 aliphatic heterocycles. The van der Waals surface area contributed by atoms with Gasteiger partial charge in [-0.05, 0) is 0 Å². The van der Waals surface area contributed by atoms with Crippen molar-refractivity contribution in [1.29, 1.82) is 0 Å². The SMILES string of the molecule is O=C(O)COOC(=O)CC(=O)O.[NaH].[NaH].[NaH]. The Kier molecular flexibility index (Phi) is 25.9. The molecule has 0 aromatic heterocycles. The molecule has 0 saturated heterocycles. The number of carbonyl (C=O) groups is 3. The van der Waals surface area contributed by atoms with E-state index in [1.54, 1.807) is 0 Å². The van der Waals surface area contributed by atoms with E-state index in [2.05, 4.69) is 9.78 Å². The van der Waals surface area contributed by atoms with E-state index >= 15 is 0 Å². The molecular formula is C5H9Na3O7. The summed E-state index contributed by atoms with van der Waals surface area (Å²) in [5.74, 6) is -3.85. The molecule has 0 saturated carbocycles. The van der Waals surface area contributed by atoms with Crippen LogP contribution in [0.1, 0.15) is 6.42 Å². The maximum atomic E-state index is 10.3. The predicted molar refractivity (Wildman–Crippen MR) is 53.4 cm³/mol. The second kappa shape index (κ2) is 15.4. The summed E-state index contributed by atoms with van der Waals surface area (Å²) in [5.41, 5.74) is 0. The van der Waals surface area contributed by atoms with Crippen molar-refractivity contribution < 1.29 is 34.4 Å². The van der Waals surface area contributed by atoms with Gasteiger partial charge in [0.05, 0.1) is 0 Å². The molecule has 0 unspecified atom stereocenters. The van der Waals surface area contributed by atoms with E-state index in [0.29, 0.717) is 0 Å². The zero-order chi connectivity index (χ0) is 9.56. The Labute approximate surface area is 152 Å². The van der Waals surface area contributed by atoms with Crippen LogP contribution in [0.5, 0.6) is 0 Å². The number of rotatable bonds is 5. The van der Waals surface area contributed by atoms with Crippen LogP contribution in [0.4, 0.5) is 0 Å². The fourth-order valence-electron chi connectivity index (χ4n) is 0.299. The van der Waals surface area contributed by atoms with E-state index in [4.69, 9.17) is 10.2 Å². The van der Waals surface area contributed by atoms with Crippen LogP contribution in [0.25, 0.3) is 0 Å². The van der Waals surface area contributed by atoms with Gasteiger partial charge in [0.25, 0.3) is 0 Å². The molecule has 0 spiro atoms. The van der Waals surface area contributed by atoms with Gasteiger partial charge in [0, 0.05) is 0 Å². The van der Waals surface area contributed by atoms with Crippen molar-refractivity contribution in [1.82, 2.24) is 0 Å². The van der Waals surface area contributed by atoms with Crippen LogP contribution in [-0.2, 0) is 24.2 Å². The van der Waals surface area contributed by atoms with Gasteiger partial charge in [-0.3, -0.25) is 9.68 Å². The number of carboxylic acids is 2. The summed E-state index contributed by atoms with van der Waals surface area (Å²) in [6, 6.07) is 0. The molecule has 2 N–H and O–H groups in total. The summed E-state index contributed by atoms with van der Waals surface area (Å²) in [6.45, 7) is -0.814. The Hall–Kier alpha value is 1.37. The van der Waals surface area contributed by atoms with Crippen molar-refractivity contribution >= 4 is 107 Å². The molecule has 0 atom stereocenters. The molecule has 0 radical (unpaired) electrons. The Balaban J connectivity index is -0.000000202. The van der Waals surface area contributed by atoms with E-state index in [0.717, 1.165) is 0 Å². The van der Waals surface area contributed by atoms with E-state index in [1.165, 1.54) is 0 Å². The maximum absolute atomic E-state index is 10.3. The molecule has 0 aromatic rings. The minimum atomic E-state index is -1.38. The average Bonchev–Trinajstić information content (AvgIpc) is 1.84. The van der Waals surface area contributed by atoms with Crippen molar-refractivity contribution in [3.05, 3.63) is 0 Å². The average molecular weight is 250 g/mol. The second-order valence-corrected chi connectivity index (χ2v) is 1.68. The monoisotopic (exact) mass is 250 g/mol. The summed E-state index contributed by atoms with van der Waals surface area (Å²) < 4.78 is 0. The van der Waals surface area contributed by atoms with Gasteiger partial charge in [0.15, 0.2) is 6.61 Å². The molecule has 0 amide bonds. The molecule has 0 aliphatic rings. The summed E-state index contributed by atoms with van der Waals surface area (Å²) in [6.07, 6.45) is -0.861. The number of carboxylic acid groups (broad SMARTS) is 2. The van der Waals surface area contributed by atoms with Gasteiger partial charge < -0.3 is 10.2 Å². The minimum absolute atomic E-state index is 0. The fraction of sp³-hybridized carbons (Fsp3) is 0.400. The van der Waals surface area contributed by atoms with Crippen LogP contribution in [0, 0.1) is 0 Å². The van der Waals surface area contributed by atoms with Crippen LogP contribution in [0.3, 0.4) is 0 Å². The van der Waals surface area contributed by atoms with Crippen molar-refractivity contribution in [3.63, 3.8) is 0 Å². The predicted octanol–water partition coefficient (Wildman–Crippen LogP) is -2.92. The van der Waals surface area contributed by atoms with Gasteiger partial charge in [0.1, 0.15) is 6.42 Å². The van der Waals surface area contributed by atoms with E-state index in [9.17, 15) is 14.4 Å². The number of carbonyl (C=O) groups excluding carboxylic acids is 1. The summed E-state index contributed by atoms with van der Waals surface area (Å²) >= 11 is 0. The molecule has 0 bridgehead atoms. The molecule has 0 aromatic carbocycles. The quantitative estimate of drug-likeness (QED) is 0.232. The second-order valence-electron chi connectivity index (χ2n) is 1.68. The summed E-state index contributed by atoms with van der Waals surface area (Å²) in [5, 5.41) is 16.0. The molecule has 15 heavy (non-hydrogen) atoms. The third-order valence-electron chi connectivity index (χ3n) is 0.630. The number of aliphatic carboxylic acids is 2. The topological polar surface area (TPSA) is 110 Å². The van der Waals surface area contributed by atoms with Gasteiger partial charge in [-0.15, -0.1) is 0 Å². The van der Waals surface area contributed by atoms with Crippen molar-refractivity contribution in [3.8, 4) is 0 Å². The zero-order valence-corrected chi connectivity index (χ0v) is 5.85. The van der Waals surface area contributed by atoms with Crippen LogP contribution in [0.2, 0.25) is 0 Å². The van der Waals surface area contributed by atoms with Gasteiger partial charge in [-0.1, -0.05) is 0 Å². The van der Waals surface area contributed by atoms with Crippen LogP contribution >= 0.6 is 0 Å². The first-order chi connectivity index (χ1) is 5.52. The number of hydrogen-bond acceptors (Lipinski definition) is 5. The normalized spacial score (nSPS) is 7.20. The van der Waals surface area contributed by atoms with Crippen LogP contribution < -0.4 is 0 Å². The molecule has 0 rings (SSSR count). The van der Waals surface area contributed by atoms with E-state index in [1.807, 2.05) is 0 Å².